The van der Waals surface area contributed by atoms with Gasteiger partial charge >= 0.3 is 5.97 Å². The fourth-order valence-corrected chi connectivity index (χ4v) is 4.49. The Bertz CT molecular complexity index is 930. The van der Waals surface area contributed by atoms with E-state index in [0.717, 1.165) is 11.9 Å². The Kier molecular flexibility index (Phi) is 4.52. The number of nitrogens with zero attached hydrogens (tertiary/aromatic N) is 2. The molecule has 142 valence electrons. The van der Waals surface area contributed by atoms with Crippen molar-refractivity contribution in [1.82, 2.24) is 14.8 Å². The summed E-state index contributed by atoms with van der Waals surface area (Å²) in [5.41, 5.74) is 4.89. The third-order valence-corrected chi connectivity index (χ3v) is 5.87. The molecule has 1 aliphatic carbocycles. The lowest BCUT2D eigenvalue weighted by Crippen LogP contribution is -2.47. The van der Waals surface area contributed by atoms with Crippen molar-refractivity contribution in [3.8, 4) is 0 Å². The van der Waals surface area contributed by atoms with E-state index >= 15 is 0 Å². The van der Waals surface area contributed by atoms with Crippen molar-refractivity contribution >= 4 is 28.4 Å². The number of carboxylic acid groups (broad SMARTS) is 1. The van der Waals surface area contributed by atoms with Crippen LogP contribution >= 0.6 is 0 Å². The number of aromatic amines is 1. The van der Waals surface area contributed by atoms with Gasteiger partial charge in [-0.05, 0) is 43.2 Å². The zero-order valence-corrected chi connectivity index (χ0v) is 15.7. The Hall–Kier alpha value is -2.60. The molecule has 6 nitrogen and oxygen atoms in total. The third kappa shape index (κ3) is 3.04. The summed E-state index contributed by atoms with van der Waals surface area (Å²) in [6.07, 6.45) is 5.14. The first kappa shape index (κ1) is 17.8. The van der Waals surface area contributed by atoms with Gasteiger partial charge in [-0.1, -0.05) is 18.2 Å². The van der Waals surface area contributed by atoms with Crippen LogP contribution in [0.5, 0.6) is 0 Å². The van der Waals surface area contributed by atoms with Gasteiger partial charge in [-0.3, -0.25) is 14.5 Å². The highest BCUT2D eigenvalue weighted by atomic mass is 16.4. The molecule has 6 heteroatoms. The van der Waals surface area contributed by atoms with Crippen LogP contribution in [0.2, 0.25) is 0 Å². The molecule has 2 atom stereocenters. The van der Waals surface area contributed by atoms with E-state index in [4.69, 9.17) is 5.11 Å². The van der Waals surface area contributed by atoms with E-state index in [1.165, 1.54) is 22.1 Å². The Morgan fingerprint density at radius 2 is 2.19 bits per heavy atom. The molecule has 0 radical (unpaired) electrons. The van der Waals surface area contributed by atoms with Crippen LogP contribution in [-0.4, -0.2) is 64.5 Å². The lowest BCUT2D eigenvalue weighted by atomic mass is 9.79. The Balaban J connectivity index is 1.68. The Morgan fingerprint density at radius 3 is 2.93 bits per heavy atom. The molecule has 0 fully saturated rings. The van der Waals surface area contributed by atoms with Gasteiger partial charge in [-0.25, -0.2) is 0 Å². The van der Waals surface area contributed by atoms with Crippen LogP contribution in [0.1, 0.15) is 24.5 Å². The molecule has 1 aromatic carbocycles. The number of carbonyl (C=O) groups is 2. The molecule has 4 rings (SSSR count). The van der Waals surface area contributed by atoms with Gasteiger partial charge in [0.05, 0.1) is 12.3 Å². The highest BCUT2D eigenvalue weighted by Gasteiger charge is 2.36. The van der Waals surface area contributed by atoms with Gasteiger partial charge in [-0.15, -0.1) is 0 Å². The molecule has 2 N–H and O–H groups in total. The average molecular weight is 367 g/mol. The number of carbonyl (C=O) groups excluding carboxylic acids is 1. The van der Waals surface area contributed by atoms with Crippen molar-refractivity contribution in [3.05, 3.63) is 41.6 Å². The summed E-state index contributed by atoms with van der Waals surface area (Å²) in [5, 5.41) is 10.2. The van der Waals surface area contributed by atoms with Crippen molar-refractivity contribution in [3.63, 3.8) is 0 Å². The number of hydrogen-bond acceptors (Lipinski definition) is 3. The minimum Gasteiger partial charge on any atom is -0.481 e. The maximum Gasteiger partial charge on any atom is 0.305 e. The number of benzene rings is 1. The summed E-state index contributed by atoms with van der Waals surface area (Å²) in [6, 6.07) is 6.55. The van der Waals surface area contributed by atoms with Gasteiger partial charge in [0.1, 0.15) is 0 Å². The topological polar surface area (TPSA) is 76.6 Å². The zero-order valence-electron chi connectivity index (χ0n) is 15.7. The molecular formula is C21H25N3O3. The van der Waals surface area contributed by atoms with Gasteiger partial charge < -0.3 is 15.0 Å². The van der Waals surface area contributed by atoms with Crippen LogP contribution in [-0.2, 0) is 16.0 Å². The van der Waals surface area contributed by atoms with Gasteiger partial charge in [-0.2, -0.15) is 0 Å². The molecule has 2 unspecified atom stereocenters. The first-order chi connectivity index (χ1) is 13.0. The number of amides is 1. The first-order valence-corrected chi connectivity index (χ1v) is 9.51. The predicted octanol–water partition coefficient (Wildman–Crippen LogP) is 2.36. The van der Waals surface area contributed by atoms with Crippen molar-refractivity contribution in [2.75, 3.05) is 26.7 Å². The van der Waals surface area contributed by atoms with Crippen LogP contribution in [0.4, 0.5) is 0 Å². The summed E-state index contributed by atoms with van der Waals surface area (Å²) >= 11 is 0. The van der Waals surface area contributed by atoms with Crippen LogP contribution in [0, 0.1) is 5.92 Å². The number of aromatic nitrogens is 1. The Morgan fingerprint density at radius 1 is 1.37 bits per heavy atom. The molecule has 0 bridgehead atoms. The molecule has 0 spiro atoms. The highest BCUT2D eigenvalue weighted by Crippen LogP contribution is 2.40. The number of aliphatic carboxylic acids is 1. The molecule has 27 heavy (non-hydrogen) atoms. The molecule has 1 aliphatic heterocycles. The average Bonchev–Trinajstić information content (AvgIpc) is 3.07. The van der Waals surface area contributed by atoms with Crippen LogP contribution < -0.4 is 0 Å². The molecule has 0 saturated carbocycles. The Labute approximate surface area is 158 Å². The fourth-order valence-electron chi connectivity index (χ4n) is 4.49. The zero-order chi connectivity index (χ0) is 19.1. The van der Waals surface area contributed by atoms with E-state index in [-0.39, 0.29) is 30.8 Å². The molecule has 2 aromatic rings. The van der Waals surface area contributed by atoms with Crippen molar-refractivity contribution in [1.29, 1.82) is 0 Å². The number of carboxylic acids is 1. The molecule has 1 aromatic heterocycles. The summed E-state index contributed by atoms with van der Waals surface area (Å²) in [4.78, 5) is 31.2. The smallest absolute Gasteiger partial charge is 0.305 e. The minimum absolute atomic E-state index is 0.0172. The summed E-state index contributed by atoms with van der Waals surface area (Å²) in [6.45, 7) is 3.34. The van der Waals surface area contributed by atoms with Crippen LogP contribution in [0.25, 0.3) is 16.5 Å². The van der Waals surface area contributed by atoms with Gasteiger partial charge in [0, 0.05) is 42.8 Å². The quantitative estimate of drug-likeness (QED) is 0.851. The van der Waals surface area contributed by atoms with Gasteiger partial charge in [0.15, 0.2) is 0 Å². The number of hydrogen-bond donors (Lipinski definition) is 2. The third-order valence-electron chi connectivity index (χ3n) is 5.87. The second-order valence-corrected chi connectivity index (χ2v) is 7.49. The van der Waals surface area contributed by atoms with Crippen LogP contribution in [0.3, 0.4) is 0 Å². The van der Waals surface area contributed by atoms with E-state index in [1.807, 2.05) is 6.92 Å². The summed E-state index contributed by atoms with van der Waals surface area (Å²) < 4.78 is 0. The number of H-pyrrole nitrogens is 1. The van der Waals surface area contributed by atoms with E-state index in [0.29, 0.717) is 13.1 Å². The number of fused-ring (bicyclic) bond motifs is 2. The largest absolute Gasteiger partial charge is 0.481 e. The van der Waals surface area contributed by atoms with Gasteiger partial charge in [0.25, 0.3) is 0 Å². The molecular weight excluding hydrogens is 342 g/mol. The van der Waals surface area contributed by atoms with E-state index < -0.39 is 5.97 Å². The second kappa shape index (κ2) is 6.85. The van der Waals surface area contributed by atoms with Crippen molar-refractivity contribution in [2.24, 2.45) is 5.92 Å². The lowest BCUT2D eigenvalue weighted by molar-refractivity contribution is -0.139. The van der Waals surface area contributed by atoms with Gasteiger partial charge in [0.2, 0.25) is 5.91 Å². The minimum atomic E-state index is -0.876. The monoisotopic (exact) mass is 367 g/mol. The lowest BCUT2D eigenvalue weighted by Gasteiger charge is -2.40. The normalized spacial score (nSPS) is 21.6. The fraction of sp³-hybridized carbons (Fsp3) is 0.429. The molecule has 0 saturated heterocycles. The maximum atomic E-state index is 13.1. The highest BCUT2D eigenvalue weighted by molar-refractivity contribution is 5.99. The first-order valence-electron chi connectivity index (χ1n) is 9.51. The number of rotatable bonds is 5. The van der Waals surface area contributed by atoms with Crippen molar-refractivity contribution < 1.29 is 14.7 Å². The standard InChI is InChI=1S/C21H25N3O3/c1-3-24(8-7-19(25)26)21(27)14-9-16-15-5-4-6-17-20(15)13(11-22-17)10-18(16)23(2)12-14/h4-6,9,11,14,18,22H,3,7-8,10,12H2,1-2H3,(H,25,26). The molecule has 1 amide bonds. The van der Waals surface area contributed by atoms with Crippen molar-refractivity contribution in [2.45, 2.75) is 25.8 Å². The summed E-state index contributed by atoms with van der Waals surface area (Å²) in [7, 11) is 2.07. The predicted molar refractivity (Wildman–Crippen MR) is 104 cm³/mol. The SMILES string of the molecule is CCN(CCC(=O)O)C(=O)C1C=C2c3cccc4[nH]cc(c34)CC2N(C)C1. The maximum absolute atomic E-state index is 13.1. The van der Waals surface area contributed by atoms with E-state index in [1.54, 1.807) is 4.90 Å². The van der Waals surface area contributed by atoms with E-state index in [9.17, 15) is 9.59 Å². The number of nitrogens with one attached hydrogen (secondary N) is 1. The second-order valence-electron chi connectivity index (χ2n) is 7.49. The van der Waals surface area contributed by atoms with E-state index in [2.05, 4.69) is 47.4 Å². The van der Waals surface area contributed by atoms with Crippen LogP contribution in [0.15, 0.2) is 30.5 Å². The summed E-state index contributed by atoms with van der Waals surface area (Å²) in [5.74, 6) is -1.10. The molecule has 2 aliphatic rings. The molecule has 2 heterocycles. The number of likely N-dealkylation sites (N-methyl/N-ethyl adjacent to an activating group) is 1.